The van der Waals surface area contributed by atoms with Crippen LogP contribution in [0.5, 0.6) is 0 Å². The summed E-state index contributed by atoms with van der Waals surface area (Å²) in [6.45, 7) is -0.623. The van der Waals surface area contributed by atoms with E-state index in [1.54, 1.807) is 18.2 Å². The van der Waals surface area contributed by atoms with Crippen molar-refractivity contribution in [3.05, 3.63) is 35.0 Å². The largest absolute Gasteiger partial charge is 0.406 e. The van der Waals surface area contributed by atoms with Crippen LogP contribution in [-0.2, 0) is 13.0 Å². The molecular weight excluding hydrogens is 265 g/mol. The third-order valence-electron chi connectivity index (χ3n) is 2.69. The van der Waals surface area contributed by atoms with Crippen LogP contribution in [-0.4, -0.2) is 17.3 Å². The Kier molecular flexibility index (Phi) is 3.54. The topological polar surface area (TPSA) is 30.9 Å². The molecule has 2 aromatic rings. The molecule has 0 aliphatic carbocycles. The van der Waals surface area contributed by atoms with Crippen LogP contribution in [0.2, 0.25) is 5.02 Å². The molecule has 0 saturated heterocycles. The van der Waals surface area contributed by atoms with Crippen molar-refractivity contribution in [1.82, 2.24) is 4.57 Å². The molecule has 1 aromatic carbocycles. The number of alkyl halides is 3. The normalized spacial score (nSPS) is 12.3. The second-order valence-electron chi connectivity index (χ2n) is 4.10. The second kappa shape index (κ2) is 4.82. The van der Waals surface area contributed by atoms with Gasteiger partial charge >= 0.3 is 6.18 Å². The Morgan fingerprint density at radius 1 is 1.28 bits per heavy atom. The smallest absolute Gasteiger partial charge is 0.338 e. The molecule has 0 fully saturated rings. The molecule has 1 aromatic heterocycles. The van der Waals surface area contributed by atoms with E-state index in [1.165, 1.54) is 10.8 Å². The zero-order chi connectivity index (χ0) is 13.3. The lowest BCUT2D eigenvalue weighted by Gasteiger charge is -2.08. The van der Waals surface area contributed by atoms with Crippen molar-refractivity contribution < 1.29 is 13.2 Å². The van der Waals surface area contributed by atoms with Gasteiger partial charge in [-0.2, -0.15) is 13.2 Å². The van der Waals surface area contributed by atoms with Crippen LogP contribution < -0.4 is 5.73 Å². The fraction of sp³-hybridized carbons (Fsp3) is 0.333. The highest BCUT2D eigenvalue weighted by Crippen LogP contribution is 2.28. The van der Waals surface area contributed by atoms with Crippen LogP contribution in [0.3, 0.4) is 0 Å². The first-order valence-corrected chi connectivity index (χ1v) is 5.82. The highest BCUT2D eigenvalue weighted by Gasteiger charge is 2.28. The molecule has 18 heavy (non-hydrogen) atoms. The van der Waals surface area contributed by atoms with Crippen LogP contribution in [0, 0.1) is 0 Å². The van der Waals surface area contributed by atoms with Crippen LogP contribution in [0.1, 0.15) is 5.56 Å². The van der Waals surface area contributed by atoms with Gasteiger partial charge in [0.15, 0.2) is 0 Å². The van der Waals surface area contributed by atoms with Gasteiger partial charge in [0.05, 0.1) is 5.52 Å². The van der Waals surface area contributed by atoms with E-state index in [4.69, 9.17) is 17.3 Å². The Labute approximate surface area is 107 Å². The van der Waals surface area contributed by atoms with E-state index in [-0.39, 0.29) is 0 Å². The number of fused-ring (bicyclic) bond motifs is 1. The van der Waals surface area contributed by atoms with E-state index >= 15 is 0 Å². The number of nitrogens with two attached hydrogens (primary N) is 1. The molecule has 6 heteroatoms. The quantitative estimate of drug-likeness (QED) is 0.916. The van der Waals surface area contributed by atoms with E-state index in [0.29, 0.717) is 23.5 Å². The molecule has 0 bridgehead atoms. The molecule has 0 radical (unpaired) electrons. The zero-order valence-electron chi connectivity index (χ0n) is 9.47. The maximum atomic E-state index is 12.5. The number of rotatable bonds is 3. The Bertz CT molecular complexity index is 560. The van der Waals surface area contributed by atoms with Crippen LogP contribution in [0.15, 0.2) is 24.4 Å². The molecule has 98 valence electrons. The molecule has 0 unspecified atom stereocenters. The van der Waals surface area contributed by atoms with Crippen molar-refractivity contribution in [2.75, 3.05) is 6.54 Å². The number of aromatic nitrogens is 1. The van der Waals surface area contributed by atoms with Crippen molar-refractivity contribution >= 4 is 22.5 Å². The number of nitrogens with zero attached hydrogens (tertiary/aromatic N) is 1. The second-order valence-corrected chi connectivity index (χ2v) is 4.53. The molecule has 0 aliphatic rings. The van der Waals surface area contributed by atoms with Crippen LogP contribution >= 0.6 is 11.6 Å². The fourth-order valence-corrected chi connectivity index (χ4v) is 2.19. The van der Waals surface area contributed by atoms with Gasteiger partial charge in [-0.1, -0.05) is 17.7 Å². The summed E-state index contributed by atoms with van der Waals surface area (Å²) in [4.78, 5) is 0. The third-order valence-corrected chi connectivity index (χ3v) is 2.93. The van der Waals surface area contributed by atoms with Crippen molar-refractivity contribution in [2.24, 2.45) is 5.73 Å². The third kappa shape index (κ3) is 2.79. The van der Waals surface area contributed by atoms with Gasteiger partial charge in [0.2, 0.25) is 0 Å². The van der Waals surface area contributed by atoms with Gasteiger partial charge in [0.1, 0.15) is 6.54 Å². The summed E-state index contributed by atoms with van der Waals surface area (Å²) in [6.07, 6.45) is -2.21. The van der Waals surface area contributed by atoms with E-state index in [9.17, 15) is 13.2 Å². The first kappa shape index (κ1) is 13.2. The highest BCUT2D eigenvalue weighted by molar-refractivity contribution is 6.31. The number of benzene rings is 1. The average molecular weight is 277 g/mol. The minimum atomic E-state index is -4.26. The lowest BCUT2D eigenvalue weighted by Crippen LogP contribution is -2.16. The molecule has 0 spiro atoms. The SMILES string of the molecule is NCCc1cn(CC(F)(F)F)c2cc(Cl)ccc12. The van der Waals surface area contributed by atoms with Crippen molar-refractivity contribution in [3.8, 4) is 0 Å². The van der Waals surface area contributed by atoms with E-state index in [0.717, 1.165) is 10.9 Å². The Morgan fingerprint density at radius 3 is 2.61 bits per heavy atom. The Hall–Kier alpha value is -1.20. The van der Waals surface area contributed by atoms with Gasteiger partial charge in [-0.3, -0.25) is 0 Å². The molecule has 2 rings (SSSR count). The minimum Gasteiger partial charge on any atom is -0.338 e. The summed E-state index contributed by atoms with van der Waals surface area (Å²) >= 11 is 5.83. The first-order chi connectivity index (χ1) is 8.40. The summed E-state index contributed by atoms with van der Waals surface area (Å²) in [6, 6.07) is 4.94. The summed E-state index contributed by atoms with van der Waals surface area (Å²) in [7, 11) is 0. The van der Waals surface area contributed by atoms with Gasteiger partial charge in [-0.25, -0.2) is 0 Å². The van der Waals surface area contributed by atoms with E-state index < -0.39 is 12.7 Å². The maximum absolute atomic E-state index is 12.5. The Balaban J connectivity index is 2.54. The maximum Gasteiger partial charge on any atom is 0.406 e. The number of hydrogen-bond donors (Lipinski definition) is 1. The Morgan fingerprint density at radius 2 is 2.00 bits per heavy atom. The molecule has 0 amide bonds. The highest BCUT2D eigenvalue weighted by atomic mass is 35.5. The minimum absolute atomic E-state index is 0.397. The van der Waals surface area contributed by atoms with Gasteiger partial charge in [0, 0.05) is 16.6 Å². The average Bonchev–Trinajstić information content (AvgIpc) is 2.55. The van der Waals surface area contributed by atoms with Crippen molar-refractivity contribution in [2.45, 2.75) is 19.1 Å². The van der Waals surface area contributed by atoms with Gasteiger partial charge in [0.25, 0.3) is 0 Å². The lowest BCUT2D eigenvalue weighted by molar-refractivity contribution is -0.139. The summed E-state index contributed by atoms with van der Waals surface area (Å²) in [5.41, 5.74) is 6.76. The first-order valence-electron chi connectivity index (χ1n) is 5.45. The predicted octanol–water partition coefficient (Wildman–Crippen LogP) is 3.36. The van der Waals surface area contributed by atoms with Crippen molar-refractivity contribution in [1.29, 1.82) is 0 Å². The van der Waals surface area contributed by atoms with E-state index in [1.807, 2.05) is 0 Å². The molecular formula is C12H12ClF3N2. The zero-order valence-corrected chi connectivity index (χ0v) is 10.2. The molecule has 0 aliphatic heterocycles. The monoisotopic (exact) mass is 276 g/mol. The summed E-state index contributed by atoms with van der Waals surface area (Å²) in [5, 5.41) is 1.19. The standard InChI is InChI=1S/C12H12ClF3N2/c13-9-1-2-10-8(3-4-17)6-18(11(10)5-9)7-12(14,15)16/h1-2,5-6H,3-4,7,17H2. The number of halogens is 4. The van der Waals surface area contributed by atoms with Gasteiger partial charge < -0.3 is 10.3 Å². The fourth-order valence-electron chi connectivity index (χ4n) is 2.02. The number of hydrogen-bond acceptors (Lipinski definition) is 1. The van der Waals surface area contributed by atoms with E-state index in [2.05, 4.69) is 0 Å². The lowest BCUT2D eigenvalue weighted by atomic mass is 10.1. The molecule has 0 saturated carbocycles. The molecule has 2 N–H and O–H groups in total. The molecule has 2 nitrogen and oxygen atoms in total. The van der Waals surface area contributed by atoms with Crippen molar-refractivity contribution in [3.63, 3.8) is 0 Å². The summed E-state index contributed by atoms with van der Waals surface area (Å²) < 4.78 is 38.6. The molecule has 0 atom stereocenters. The summed E-state index contributed by atoms with van der Waals surface area (Å²) in [5.74, 6) is 0. The predicted molar refractivity (Wildman–Crippen MR) is 65.8 cm³/mol. The van der Waals surface area contributed by atoms with Crippen LogP contribution in [0.25, 0.3) is 10.9 Å². The van der Waals surface area contributed by atoms with Gasteiger partial charge in [-0.15, -0.1) is 0 Å². The molecule has 1 heterocycles. The van der Waals surface area contributed by atoms with Gasteiger partial charge in [-0.05, 0) is 30.7 Å². The van der Waals surface area contributed by atoms with Crippen LogP contribution in [0.4, 0.5) is 13.2 Å².